The molecule has 1 saturated heterocycles. The summed E-state index contributed by atoms with van der Waals surface area (Å²) in [4.78, 5) is 26.8. The van der Waals surface area contributed by atoms with Gasteiger partial charge in [-0.15, -0.1) is 0 Å². The molecule has 0 bridgehead atoms. The Hall–Kier alpha value is -2.08. The molecule has 3 rings (SSSR count). The average molecular weight is 290 g/mol. The Morgan fingerprint density at radius 3 is 2.67 bits per heavy atom. The summed E-state index contributed by atoms with van der Waals surface area (Å²) in [5, 5.41) is 19.0. The number of hydrogen-bond acceptors (Lipinski definition) is 3. The van der Waals surface area contributed by atoms with E-state index in [4.69, 9.17) is 5.11 Å². The Balaban J connectivity index is 1.81. The van der Waals surface area contributed by atoms with Crippen molar-refractivity contribution < 1.29 is 19.8 Å². The van der Waals surface area contributed by atoms with E-state index in [9.17, 15) is 14.7 Å². The number of aliphatic hydroxyl groups is 1. The van der Waals surface area contributed by atoms with Gasteiger partial charge in [0.15, 0.2) is 0 Å². The van der Waals surface area contributed by atoms with E-state index in [0.29, 0.717) is 32.5 Å². The smallest absolute Gasteiger partial charge is 0.335 e. The maximum Gasteiger partial charge on any atom is 0.335 e. The van der Waals surface area contributed by atoms with E-state index in [0.717, 1.165) is 11.3 Å². The van der Waals surface area contributed by atoms with Gasteiger partial charge in [-0.2, -0.15) is 0 Å². The van der Waals surface area contributed by atoms with Gasteiger partial charge in [0.05, 0.1) is 17.7 Å². The zero-order chi connectivity index (χ0) is 15.2. The number of benzene rings is 1. The molecular weight excluding hydrogens is 272 g/mol. The second-order valence-corrected chi connectivity index (χ2v) is 6.00. The summed E-state index contributed by atoms with van der Waals surface area (Å²) in [6, 6.07) is 4.73. The number of carbonyl (C=O) groups excluding carboxylic acids is 1. The van der Waals surface area contributed by atoms with Crippen molar-refractivity contribution in [3.8, 4) is 0 Å². The Morgan fingerprint density at radius 1 is 1.29 bits per heavy atom. The summed E-state index contributed by atoms with van der Waals surface area (Å²) in [6.45, 7) is 3.17. The van der Waals surface area contributed by atoms with Crippen LogP contribution in [0.15, 0.2) is 18.2 Å². The van der Waals surface area contributed by atoms with E-state index in [1.165, 1.54) is 6.07 Å². The standard InChI is InChI=1S/C15H18N2O4/c1-15(21)5-7-16(9-15)14(20)17-6-4-10-8-11(13(18)19)2-3-12(10)17/h2-3,8,21H,4-7,9H2,1H3,(H,18,19). The molecule has 112 valence electrons. The van der Waals surface area contributed by atoms with Crippen molar-refractivity contribution in [3.05, 3.63) is 29.3 Å². The van der Waals surface area contributed by atoms with Crippen LogP contribution in [0.3, 0.4) is 0 Å². The number of fused-ring (bicyclic) bond motifs is 1. The second-order valence-electron chi connectivity index (χ2n) is 6.00. The van der Waals surface area contributed by atoms with Crippen molar-refractivity contribution in [2.24, 2.45) is 0 Å². The number of anilines is 1. The van der Waals surface area contributed by atoms with Gasteiger partial charge < -0.3 is 15.1 Å². The van der Waals surface area contributed by atoms with E-state index in [-0.39, 0.29) is 11.6 Å². The molecule has 0 aromatic heterocycles. The normalized spacial score (nSPS) is 24.3. The molecule has 2 heterocycles. The predicted octanol–water partition coefficient (Wildman–Crippen LogP) is 1.32. The lowest BCUT2D eigenvalue weighted by Crippen LogP contribution is -2.43. The summed E-state index contributed by atoms with van der Waals surface area (Å²) in [6.07, 6.45) is 1.24. The van der Waals surface area contributed by atoms with E-state index in [2.05, 4.69) is 0 Å². The van der Waals surface area contributed by atoms with Crippen LogP contribution in [-0.4, -0.2) is 52.3 Å². The topological polar surface area (TPSA) is 81.1 Å². The molecule has 2 N–H and O–H groups in total. The van der Waals surface area contributed by atoms with Gasteiger partial charge in [0.1, 0.15) is 0 Å². The number of amides is 2. The number of hydrogen-bond donors (Lipinski definition) is 2. The van der Waals surface area contributed by atoms with E-state index >= 15 is 0 Å². The van der Waals surface area contributed by atoms with Crippen LogP contribution in [0.2, 0.25) is 0 Å². The molecular formula is C15H18N2O4. The van der Waals surface area contributed by atoms with Gasteiger partial charge in [0, 0.05) is 18.8 Å². The monoisotopic (exact) mass is 290 g/mol. The SMILES string of the molecule is CC1(O)CCN(C(=O)N2CCc3cc(C(=O)O)ccc32)C1. The van der Waals surface area contributed by atoms with Crippen molar-refractivity contribution in [3.63, 3.8) is 0 Å². The first-order chi connectivity index (χ1) is 9.87. The third-order valence-electron chi connectivity index (χ3n) is 4.18. The number of carboxylic acid groups (broad SMARTS) is 1. The minimum Gasteiger partial charge on any atom is -0.478 e. The fraction of sp³-hybridized carbons (Fsp3) is 0.467. The van der Waals surface area contributed by atoms with Crippen LogP contribution in [0.5, 0.6) is 0 Å². The van der Waals surface area contributed by atoms with Crippen molar-refractivity contribution >= 4 is 17.7 Å². The van der Waals surface area contributed by atoms with Gasteiger partial charge in [-0.05, 0) is 43.5 Å². The molecule has 2 aliphatic heterocycles. The summed E-state index contributed by atoms with van der Waals surface area (Å²) in [5.74, 6) is -0.960. The Kier molecular flexibility index (Phi) is 3.13. The summed E-state index contributed by atoms with van der Waals surface area (Å²) < 4.78 is 0. The molecule has 1 unspecified atom stereocenters. The third-order valence-corrected chi connectivity index (χ3v) is 4.18. The first kappa shape index (κ1) is 13.9. The molecule has 0 spiro atoms. The molecule has 6 nitrogen and oxygen atoms in total. The molecule has 1 fully saturated rings. The quantitative estimate of drug-likeness (QED) is 0.817. The maximum atomic E-state index is 12.5. The van der Waals surface area contributed by atoms with E-state index in [1.807, 2.05) is 0 Å². The average Bonchev–Trinajstić information content (AvgIpc) is 3.00. The molecule has 2 amide bonds. The number of aromatic carboxylic acids is 1. The first-order valence-electron chi connectivity index (χ1n) is 7.02. The van der Waals surface area contributed by atoms with Crippen LogP contribution in [-0.2, 0) is 6.42 Å². The van der Waals surface area contributed by atoms with Crippen molar-refractivity contribution in [2.45, 2.75) is 25.4 Å². The van der Waals surface area contributed by atoms with Gasteiger partial charge >= 0.3 is 12.0 Å². The summed E-state index contributed by atoms with van der Waals surface area (Å²) >= 11 is 0. The lowest BCUT2D eigenvalue weighted by Gasteiger charge is -2.25. The highest BCUT2D eigenvalue weighted by Crippen LogP contribution is 2.31. The highest BCUT2D eigenvalue weighted by Gasteiger charge is 2.37. The zero-order valence-electron chi connectivity index (χ0n) is 11.9. The van der Waals surface area contributed by atoms with Crippen LogP contribution >= 0.6 is 0 Å². The Morgan fingerprint density at radius 2 is 2.05 bits per heavy atom. The Labute approximate surface area is 122 Å². The number of nitrogens with zero attached hydrogens (tertiary/aromatic N) is 2. The predicted molar refractivity (Wildman–Crippen MR) is 76.7 cm³/mol. The molecule has 2 aliphatic rings. The van der Waals surface area contributed by atoms with E-state index < -0.39 is 11.6 Å². The number of likely N-dealkylation sites (tertiary alicyclic amines) is 1. The summed E-state index contributed by atoms with van der Waals surface area (Å²) in [7, 11) is 0. The molecule has 21 heavy (non-hydrogen) atoms. The highest BCUT2D eigenvalue weighted by molar-refractivity contribution is 5.96. The minimum absolute atomic E-state index is 0.116. The molecule has 0 aliphatic carbocycles. The molecule has 1 atom stereocenters. The van der Waals surface area contributed by atoms with Crippen LogP contribution in [0.1, 0.15) is 29.3 Å². The van der Waals surface area contributed by atoms with Gasteiger partial charge in [0.25, 0.3) is 0 Å². The maximum absolute atomic E-state index is 12.5. The molecule has 1 aromatic rings. The van der Waals surface area contributed by atoms with Gasteiger partial charge in [-0.1, -0.05) is 0 Å². The third kappa shape index (κ3) is 2.47. The summed E-state index contributed by atoms with van der Waals surface area (Å²) in [5.41, 5.74) is 1.09. The van der Waals surface area contributed by atoms with Crippen LogP contribution in [0.4, 0.5) is 10.5 Å². The lowest BCUT2D eigenvalue weighted by molar-refractivity contribution is 0.0695. The number of carboxylic acids is 1. The van der Waals surface area contributed by atoms with Gasteiger partial charge in [-0.25, -0.2) is 9.59 Å². The van der Waals surface area contributed by atoms with Gasteiger partial charge in [0.2, 0.25) is 0 Å². The second kappa shape index (κ2) is 4.73. The number of rotatable bonds is 1. The minimum atomic E-state index is -0.960. The van der Waals surface area contributed by atoms with Crippen molar-refractivity contribution in [1.82, 2.24) is 4.90 Å². The van der Waals surface area contributed by atoms with Crippen LogP contribution in [0.25, 0.3) is 0 Å². The fourth-order valence-corrected chi connectivity index (χ4v) is 3.01. The highest BCUT2D eigenvalue weighted by atomic mass is 16.4. The fourth-order valence-electron chi connectivity index (χ4n) is 3.01. The van der Waals surface area contributed by atoms with Gasteiger partial charge in [-0.3, -0.25) is 4.90 Å². The van der Waals surface area contributed by atoms with Crippen molar-refractivity contribution in [2.75, 3.05) is 24.5 Å². The molecule has 1 aromatic carbocycles. The number of urea groups is 1. The van der Waals surface area contributed by atoms with Crippen LogP contribution in [0, 0.1) is 0 Å². The molecule has 6 heteroatoms. The van der Waals surface area contributed by atoms with E-state index in [1.54, 1.807) is 28.9 Å². The molecule has 0 radical (unpaired) electrons. The largest absolute Gasteiger partial charge is 0.478 e. The zero-order valence-corrected chi connectivity index (χ0v) is 11.9. The van der Waals surface area contributed by atoms with Crippen molar-refractivity contribution in [1.29, 1.82) is 0 Å². The first-order valence-corrected chi connectivity index (χ1v) is 7.02. The van der Waals surface area contributed by atoms with Crippen LogP contribution < -0.4 is 4.90 Å². The lowest BCUT2D eigenvalue weighted by atomic mass is 10.1. The number of β-amino-alcohol motifs (C(OH)–C–C–N with tert-alkyl or cyclic N) is 1. The molecule has 0 saturated carbocycles. The number of carbonyl (C=O) groups is 2. The Bertz CT molecular complexity index is 612.